The van der Waals surface area contributed by atoms with Gasteiger partial charge in [-0.25, -0.2) is 4.98 Å². The molecular formula is C16H21N3O. The maximum absolute atomic E-state index is 5.85. The van der Waals surface area contributed by atoms with E-state index >= 15 is 0 Å². The van der Waals surface area contributed by atoms with Crippen LogP contribution in [0.5, 0.6) is 0 Å². The third-order valence-corrected chi connectivity index (χ3v) is 4.10. The van der Waals surface area contributed by atoms with Gasteiger partial charge in [0.1, 0.15) is 0 Å². The molecule has 106 valence electrons. The second kappa shape index (κ2) is 5.38. The van der Waals surface area contributed by atoms with Crippen molar-refractivity contribution in [2.75, 3.05) is 19.6 Å². The number of hydrogen-bond donors (Lipinski definition) is 1. The maximum atomic E-state index is 5.85. The molecule has 0 saturated carbocycles. The highest BCUT2D eigenvalue weighted by Crippen LogP contribution is 2.29. The normalized spacial score (nSPS) is 23.3. The number of rotatable bonds is 4. The molecular weight excluding hydrogens is 250 g/mol. The van der Waals surface area contributed by atoms with Gasteiger partial charge in [0.2, 0.25) is 5.89 Å². The molecule has 1 fully saturated rings. The molecule has 1 aliphatic rings. The highest BCUT2D eigenvalue weighted by atomic mass is 16.4. The molecule has 2 N–H and O–H groups in total. The number of benzene rings is 1. The smallest absolute Gasteiger partial charge is 0.209 e. The van der Waals surface area contributed by atoms with Gasteiger partial charge in [-0.05, 0) is 24.9 Å². The van der Waals surface area contributed by atoms with E-state index in [0.717, 1.165) is 49.8 Å². The molecule has 1 aliphatic heterocycles. The molecule has 1 saturated heterocycles. The van der Waals surface area contributed by atoms with Crippen molar-refractivity contribution in [3.63, 3.8) is 0 Å². The van der Waals surface area contributed by atoms with Gasteiger partial charge in [-0.3, -0.25) is 4.90 Å². The summed E-state index contributed by atoms with van der Waals surface area (Å²) in [7, 11) is 0. The number of hydrogen-bond acceptors (Lipinski definition) is 4. The lowest BCUT2D eigenvalue weighted by Gasteiger charge is -2.21. The van der Waals surface area contributed by atoms with Gasteiger partial charge in [0.05, 0.1) is 12.7 Å². The van der Waals surface area contributed by atoms with E-state index in [2.05, 4.69) is 16.8 Å². The van der Waals surface area contributed by atoms with Gasteiger partial charge in [0, 0.05) is 12.1 Å². The second-order valence-corrected chi connectivity index (χ2v) is 5.96. The first-order valence-electron chi connectivity index (χ1n) is 7.11. The fraction of sp³-hybridized carbons (Fsp3) is 0.438. The topological polar surface area (TPSA) is 55.3 Å². The van der Waals surface area contributed by atoms with Crippen LogP contribution in [0.3, 0.4) is 0 Å². The Labute approximate surface area is 119 Å². The molecule has 20 heavy (non-hydrogen) atoms. The molecule has 0 aliphatic carbocycles. The summed E-state index contributed by atoms with van der Waals surface area (Å²) < 4.78 is 5.85. The summed E-state index contributed by atoms with van der Waals surface area (Å²) in [6.45, 7) is 5.84. The van der Waals surface area contributed by atoms with Crippen LogP contribution in [0.4, 0.5) is 0 Å². The van der Waals surface area contributed by atoms with Crippen molar-refractivity contribution in [3.05, 3.63) is 42.4 Å². The summed E-state index contributed by atoms with van der Waals surface area (Å²) in [6.07, 6.45) is 2.96. The Kier molecular flexibility index (Phi) is 3.59. The summed E-state index contributed by atoms with van der Waals surface area (Å²) in [4.78, 5) is 6.76. The molecule has 3 rings (SSSR count). The molecule has 0 spiro atoms. The highest BCUT2D eigenvalue weighted by Gasteiger charge is 2.32. The fourth-order valence-electron chi connectivity index (χ4n) is 2.74. The summed E-state index contributed by atoms with van der Waals surface area (Å²) >= 11 is 0. The summed E-state index contributed by atoms with van der Waals surface area (Å²) in [5.74, 6) is 1.62. The Balaban J connectivity index is 1.67. The molecule has 4 heteroatoms. The lowest BCUT2D eigenvalue weighted by molar-refractivity contribution is 0.252. The van der Waals surface area contributed by atoms with Gasteiger partial charge in [-0.2, -0.15) is 0 Å². The first-order valence-corrected chi connectivity index (χ1v) is 7.11. The number of nitrogens with two attached hydrogens (primary N) is 1. The van der Waals surface area contributed by atoms with Crippen LogP contribution in [0.25, 0.3) is 11.3 Å². The number of aromatic nitrogens is 1. The van der Waals surface area contributed by atoms with Crippen molar-refractivity contribution in [2.45, 2.75) is 19.9 Å². The second-order valence-electron chi connectivity index (χ2n) is 5.96. The van der Waals surface area contributed by atoms with Crippen LogP contribution in [0.15, 0.2) is 40.9 Å². The van der Waals surface area contributed by atoms with Crippen molar-refractivity contribution < 1.29 is 4.42 Å². The van der Waals surface area contributed by atoms with E-state index in [1.807, 2.05) is 36.5 Å². The quantitative estimate of drug-likeness (QED) is 0.928. The van der Waals surface area contributed by atoms with E-state index < -0.39 is 0 Å². The molecule has 1 unspecified atom stereocenters. The Bertz CT molecular complexity index is 566. The van der Waals surface area contributed by atoms with Crippen LogP contribution in [-0.2, 0) is 6.54 Å². The van der Waals surface area contributed by atoms with E-state index in [-0.39, 0.29) is 5.41 Å². The minimum atomic E-state index is 0.245. The zero-order chi connectivity index (χ0) is 14.0. The lowest BCUT2D eigenvalue weighted by Crippen LogP contribution is -2.31. The predicted octanol–water partition coefficient (Wildman–Crippen LogP) is 2.51. The molecule has 0 bridgehead atoms. The van der Waals surface area contributed by atoms with Crippen molar-refractivity contribution in [2.24, 2.45) is 11.1 Å². The largest absolute Gasteiger partial charge is 0.439 e. The summed E-state index contributed by atoms with van der Waals surface area (Å²) in [5, 5.41) is 0. The van der Waals surface area contributed by atoms with Gasteiger partial charge < -0.3 is 10.2 Å². The van der Waals surface area contributed by atoms with E-state index in [4.69, 9.17) is 10.2 Å². The summed E-state index contributed by atoms with van der Waals surface area (Å²) in [6, 6.07) is 10.1. The average molecular weight is 271 g/mol. The van der Waals surface area contributed by atoms with Gasteiger partial charge in [-0.1, -0.05) is 37.3 Å². The van der Waals surface area contributed by atoms with Crippen LogP contribution in [0.1, 0.15) is 19.2 Å². The summed E-state index contributed by atoms with van der Waals surface area (Å²) in [5.41, 5.74) is 7.15. The van der Waals surface area contributed by atoms with Crippen molar-refractivity contribution in [3.8, 4) is 11.3 Å². The Hall–Kier alpha value is -1.65. The van der Waals surface area contributed by atoms with Crippen LogP contribution < -0.4 is 5.73 Å². The molecule has 4 nitrogen and oxygen atoms in total. The maximum Gasteiger partial charge on any atom is 0.209 e. The molecule has 0 radical (unpaired) electrons. The van der Waals surface area contributed by atoms with Crippen molar-refractivity contribution in [1.29, 1.82) is 0 Å². The zero-order valence-corrected chi connectivity index (χ0v) is 11.9. The number of likely N-dealkylation sites (tertiary alicyclic amines) is 1. The molecule has 2 aromatic rings. The zero-order valence-electron chi connectivity index (χ0n) is 11.9. The van der Waals surface area contributed by atoms with E-state index in [9.17, 15) is 0 Å². The van der Waals surface area contributed by atoms with E-state index in [0.29, 0.717) is 0 Å². The first-order chi connectivity index (χ1) is 9.68. The van der Waals surface area contributed by atoms with Gasteiger partial charge in [0.25, 0.3) is 0 Å². The van der Waals surface area contributed by atoms with Crippen LogP contribution in [-0.4, -0.2) is 29.5 Å². The SMILES string of the molecule is CC1(CN)CCN(Cc2ncc(-c3ccccc3)o2)C1. The standard InChI is InChI=1S/C16H21N3O/c1-16(11-17)7-8-19(12-16)10-15-18-9-14(20-15)13-5-3-2-4-6-13/h2-6,9H,7-8,10-12,17H2,1H3. The van der Waals surface area contributed by atoms with Crippen molar-refractivity contribution in [1.82, 2.24) is 9.88 Å². The van der Waals surface area contributed by atoms with Gasteiger partial charge >= 0.3 is 0 Å². The number of oxazole rings is 1. The minimum Gasteiger partial charge on any atom is -0.439 e. The third kappa shape index (κ3) is 2.76. The first kappa shape index (κ1) is 13.3. The fourth-order valence-corrected chi connectivity index (χ4v) is 2.74. The Morgan fingerprint density at radius 1 is 1.35 bits per heavy atom. The highest BCUT2D eigenvalue weighted by molar-refractivity contribution is 5.55. The Morgan fingerprint density at radius 3 is 2.85 bits per heavy atom. The Morgan fingerprint density at radius 2 is 2.15 bits per heavy atom. The van der Waals surface area contributed by atoms with Gasteiger partial charge in [0.15, 0.2) is 5.76 Å². The van der Waals surface area contributed by atoms with E-state index in [1.165, 1.54) is 0 Å². The van der Waals surface area contributed by atoms with Crippen LogP contribution in [0.2, 0.25) is 0 Å². The lowest BCUT2D eigenvalue weighted by atomic mass is 9.90. The number of nitrogens with zero attached hydrogens (tertiary/aromatic N) is 2. The minimum absolute atomic E-state index is 0.245. The van der Waals surface area contributed by atoms with E-state index in [1.54, 1.807) is 0 Å². The third-order valence-electron chi connectivity index (χ3n) is 4.10. The van der Waals surface area contributed by atoms with Crippen LogP contribution >= 0.6 is 0 Å². The molecule has 1 aromatic heterocycles. The molecule has 1 atom stereocenters. The van der Waals surface area contributed by atoms with Gasteiger partial charge in [-0.15, -0.1) is 0 Å². The van der Waals surface area contributed by atoms with Crippen LogP contribution in [0, 0.1) is 5.41 Å². The molecule has 1 aromatic carbocycles. The molecule has 2 heterocycles. The average Bonchev–Trinajstić information content (AvgIpc) is 3.08. The monoisotopic (exact) mass is 271 g/mol. The predicted molar refractivity (Wildman–Crippen MR) is 79.0 cm³/mol. The molecule has 0 amide bonds. The van der Waals surface area contributed by atoms with Crippen molar-refractivity contribution >= 4 is 0 Å².